The monoisotopic (exact) mass is 398 g/mol. The first kappa shape index (κ1) is 19.6. The average Bonchev–Trinajstić information content (AvgIpc) is 3.19. The topological polar surface area (TPSA) is 82.0 Å². The number of nitrogens with one attached hydrogen (secondary N) is 1. The Morgan fingerprint density at radius 3 is 2.63 bits per heavy atom. The number of H-pyrrole nitrogens is 1. The highest BCUT2D eigenvalue weighted by atomic mass is 16.5. The SMILES string of the molecule is Cc1[nH]c(-c2ccnc(C=Cc3ccc(C(=O)N4CCOCC4)cc3)c2)cc1C#N. The maximum absolute atomic E-state index is 12.5. The van der Waals surface area contributed by atoms with Crippen molar-refractivity contribution in [2.75, 3.05) is 26.3 Å². The van der Waals surface area contributed by atoms with Crippen molar-refractivity contribution >= 4 is 18.1 Å². The van der Waals surface area contributed by atoms with Gasteiger partial charge in [-0.1, -0.05) is 18.2 Å². The Morgan fingerprint density at radius 2 is 1.93 bits per heavy atom. The lowest BCUT2D eigenvalue weighted by Gasteiger charge is -2.26. The Kier molecular flexibility index (Phi) is 5.73. The Morgan fingerprint density at radius 1 is 1.17 bits per heavy atom. The molecule has 0 saturated carbocycles. The van der Waals surface area contributed by atoms with Gasteiger partial charge in [0.2, 0.25) is 0 Å². The standard InChI is InChI=1S/C24H22N4O2/c1-17-21(16-25)15-23(27-17)20-8-9-26-22(14-20)7-4-18-2-5-19(6-3-18)24(29)28-10-12-30-13-11-28/h2-9,14-15,27H,10-13H2,1H3. The van der Waals surface area contributed by atoms with E-state index in [0.29, 0.717) is 37.4 Å². The van der Waals surface area contributed by atoms with Gasteiger partial charge < -0.3 is 14.6 Å². The summed E-state index contributed by atoms with van der Waals surface area (Å²) in [6.07, 6.45) is 5.65. The van der Waals surface area contributed by atoms with Gasteiger partial charge in [-0.3, -0.25) is 9.78 Å². The number of hydrogen-bond donors (Lipinski definition) is 1. The van der Waals surface area contributed by atoms with E-state index in [0.717, 1.165) is 28.2 Å². The van der Waals surface area contributed by atoms with Crippen LogP contribution in [0, 0.1) is 18.3 Å². The molecule has 0 unspecified atom stereocenters. The van der Waals surface area contributed by atoms with E-state index in [-0.39, 0.29) is 5.91 Å². The van der Waals surface area contributed by atoms with Crippen LogP contribution in [0.5, 0.6) is 0 Å². The summed E-state index contributed by atoms with van der Waals surface area (Å²) >= 11 is 0. The summed E-state index contributed by atoms with van der Waals surface area (Å²) in [5, 5.41) is 9.15. The Balaban J connectivity index is 1.47. The molecule has 4 rings (SSSR count). The van der Waals surface area contributed by atoms with Crippen molar-refractivity contribution in [1.29, 1.82) is 5.26 Å². The number of aromatic amines is 1. The smallest absolute Gasteiger partial charge is 0.254 e. The van der Waals surface area contributed by atoms with Crippen molar-refractivity contribution in [2.45, 2.75) is 6.92 Å². The molecule has 0 radical (unpaired) electrons. The van der Waals surface area contributed by atoms with Crippen LogP contribution in [0.1, 0.15) is 32.9 Å². The van der Waals surface area contributed by atoms with Crippen LogP contribution in [0.25, 0.3) is 23.4 Å². The lowest BCUT2D eigenvalue weighted by atomic mass is 10.1. The fourth-order valence-corrected chi connectivity index (χ4v) is 3.40. The second kappa shape index (κ2) is 8.76. The molecule has 150 valence electrons. The van der Waals surface area contributed by atoms with Gasteiger partial charge in [0, 0.05) is 41.8 Å². The van der Waals surface area contributed by atoms with Gasteiger partial charge in [-0.05, 0) is 48.9 Å². The van der Waals surface area contributed by atoms with E-state index in [4.69, 9.17) is 10.00 Å². The molecule has 1 N–H and O–H groups in total. The van der Waals surface area contributed by atoms with E-state index in [2.05, 4.69) is 16.0 Å². The largest absolute Gasteiger partial charge is 0.378 e. The van der Waals surface area contributed by atoms with Crippen molar-refractivity contribution in [3.05, 3.63) is 76.7 Å². The Labute approximate surface area is 175 Å². The third kappa shape index (κ3) is 4.32. The molecule has 1 aliphatic heterocycles. The third-order valence-corrected chi connectivity index (χ3v) is 5.13. The molecule has 1 aliphatic rings. The van der Waals surface area contributed by atoms with Crippen LogP contribution >= 0.6 is 0 Å². The number of nitrogens with zero attached hydrogens (tertiary/aromatic N) is 3. The molecule has 1 saturated heterocycles. The van der Waals surface area contributed by atoms with Gasteiger partial charge in [0.1, 0.15) is 6.07 Å². The fraction of sp³-hybridized carbons (Fsp3) is 0.208. The highest BCUT2D eigenvalue weighted by molar-refractivity contribution is 5.94. The van der Waals surface area contributed by atoms with E-state index >= 15 is 0 Å². The van der Waals surface area contributed by atoms with Gasteiger partial charge in [0.25, 0.3) is 5.91 Å². The summed E-state index contributed by atoms with van der Waals surface area (Å²) in [7, 11) is 0. The van der Waals surface area contributed by atoms with Gasteiger partial charge in [0.05, 0.1) is 24.5 Å². The van der Waals surface area contributed by atoms with Gasteiger partial charge in [-0.25, -0.2) is 0 Å². The first-order chi connectivity index (χ1) is 14.6. The number of rotatable bonds is 4. The molecular formula is C24H22N4O2. The van der Waals surface area contributed by atoms with Gasteiger partial charge in [-0.15, -0.1) is 0 Å². The molecule has 6 heteroatoms. The maximum Gasteiger partial charge on any atom is 0.254 e. The Bertz CT molecular complexity index is 1120. The number of morpholine rings is 1. The number of pyridine rings is 1. The molecule has 1 fully saturated rings. The van der Waals surface area contributed by atoms with Crippen LogP contribution < -0.4 is 0 Å². The molecule has 1 aromatic carbocycles. The summed E-state index contributed by atoms with van der Waals surface area (Å²) < 4.78 is 5.30. The van der Waals surface area contributed by atoms with Gasteiger partial charge in [0.15, 0.2) is 0 Å². The minimum atomic E-state index is 0.0428. The summed E-state index contributed by atoms with van der Waals surface area (Å²) in [5.74, 6) is 0.0428. The van der Waals surface area contributed by atoms with Crippen molar-refractivity contribution in [3.8, 4) is 17.3 Å². The van der Waals surface area contributed by atoms with Crippen molar-refractivity contribution in [3.63, 3.8) is 0 Å². The zero-order valence-corrected chi connectivity index (χ0v) is 16.8. The summed E-state index contributed by atoms with van der Waals surface area (Å²) in [6.45, 7) is 4.35. The molecule has 1 amide bonds. The molecule has 30 heavy (non-hydrogen) atoms. The number of nitriles is 1. The lowest BCUT2D eigenvalue weighted by molar-refractivity contribution is 0.0303. The molecular weight excluding hydrogens is 376 g/mol. The molecule has 2 aromatic heterocycles. The second-order valence-electron chi connectivity index (χ2n) is 7.16. The summed E-state index contributed by atoms with van der Waals surface area (Å²) in [5.41, 5.74) is 5.85. The first-order valence-electron chi connectivity index (χ1n) is 9.85. The van der Waals surface area contributed by atoms with Crippen LogP contribution in [-0.4, -0.2) is 47.1 Å². The molecule has 3 heterocycles. The molecule has 0 aliphatic carbocycles. The van der Waals surface area contributed by atoms with E-state index in [1.807, 2.05) is 66.4 Å². The van der Waals surface area contributed by atoms with Crippen LogP contribution in [0.15, 0.2) is 48.7 Å². The Hall–Kier alpha value is -3.69. The van der Waals surface area contributed by atoms with Crippen LogP contribution in [-0.2, 0) is 4.74 Å². The zero-order chi connectivity index (χ0) is 20.9. The fourth-order valence-electron chi connectivity index (χ4n) is 3.40. The molecule has 0 spiro atoms. The van der Waals surface area contributed by atoms with Crippen molar-refractivity contribution < 1.29 is 9.53 Å². The van der Waals surface area contributed by atoms with E-state index in [1.165, 1.54) is 0 Å². The van der Waals surface area contributed by atoms with Crippen LogP contribution in [0.3, 0.4) is 0 Å². The third-order valence-electron chi connectivity index (χ3n) is 5.13. The summed E-state index contributed by atoms with van der Waals surface area (Å²) in [4.78, 5) is 22.0. The van der Waals surface area contributed by atoms with E-state index in [1.54, 1.807) is 6.20 Å². The lowest BCUT2D eigenvalue weighted by Crippen LogP contribution is -2.40. The first-order valence-corrected chi connectivity index (χ1v) is 9.85. The van der Waals surface area contributed by atoms with Gasteiger partial charge >= 0.3 is 0 Å². The molecule has 6 nitrogen and oxygen atoms in total. The summed E-state index contributed by atoms with van der Waals surface area (Å²) in [6, 6.07) is 15.5. The predicted molar refractivity (Wildman–Crippen MR) is 116 cm³/mol. The number of hydrogen-bond acceptors (Lipinski definition) is 4. The molecule has 0 bridgehead atoms. The van der Waals surface area contributed by atoms with Crippen molar-refractivity contribution in [2.24, 2.45) is 0 Å². The van der Waals surface area contributed by atoms with Gasteiger partial charge in [-0.2, -0.15) is 5.26 Å². The number of amides is 1. The number of ether oxygens (including phenoxy) is 1. The predicted octanol–water partition coefficient (Wildman–Crippen LogP) is 3.90. The van der Waals surface area contributed by atoms with Crippen LogP contribution in [0.4, 0.5) is 0 Å². The number of benzene rings is 1. The number of carbonyl (C=O) groups excluding carboxylic acids is 1. The normalized spacial score (nSPS) is 14.1. The van der Waals surface area contributed by atoms with E-state index in [9.17, 15) is 4.79 Å². The average molecular weight is 398 g/mol. The van der Waals surface area contributed by atoms with Crippen molar-refractivity contribution in [1.82, 2.24) is 14.9 Å². The molecule has 3 aromatic rings. The quantitative estimate of drug-likeness (QED) is 0.723. The number of aromatic nitrogens is 2. The van der Waals surface area contributed by atoms with Crippen LogP contribution in [0.2, 0.25) is 0 Å². The molecule has 0 atom stereocenters. The number of aryl methyl sites for hydroxylation is 1. The number of carbonyl (C=O) groups is 1. The minimum absolute atomic E-state index is 0.0428. The minimum Gasteiger partial charge on any atom is -0.378 e. The second-order valence-corrected chi connectivity index (χ2v) is 7.16. The van der Waals surface area contributed by atoms with E-state index < -0.39 is 0 Å². The highest BCUT2D eigenvalue weighted by Crippen LogP contribution is 2.22. The highest BCUT2D eigenvalue weighted by Gasteiger charge is 2.18. The maximum atomic E-state index is 12.5. The zero-order valence-electron chi connectivity index (χ0n) is 16.8.